The molecule has 0 aromatic carbocycles. The van der Waals surface area contributed by atoms with Crippen LogP contribution in [0.1, 0.15) is 119 Å². The molecule has 1 nitrogen and oxygen atoms in total. The molecule has 0 saturated heterocycles. The van der Waals surface area contributed by atoms with Crippen molar-refractivity contribution in [2.45, 2.75) is 119 Å². The van der Waals surface area contributed by atoms with Gasteiger partial charge in [-0.25, -0.2) is 0 Å². The third-order valence-corrected chi connectivity index (χ3v) is 10.7. The fourth-order valence-electron chi connectivity index (χ4n) is 9.08. The maximum Gasteiger partial charge on any atom is 0.136 e. The van der Waals surface area contributed by atoms with Crippen LogP contribution in [-0.4, -0.2) is 5.78 Å². The monoisotopic (exact) mass is 454 g/mol. The second-order valence-electron chi connectivity index (χ2n) is 12.8. The smallest absolute Gasteiger partial charge is 0.136 e. The van der Waals surface area contributed by atoms with E-state index in [0.717, 1.165) is 61.2 Å². The van der Waals surface area contributed by atoms with Crippen LogP contribution in [0.5, 0.6) is 0 Å². The molecule has 0 bridgehead atoms. The molecule has 0 spiro atoms. The number of Topliss-reactive ketones (excluding diaryl/α,β-unsaturated/α-hetero) is 1. The Morgan fingerprint density at radius 2 is 1.79 bits per heavy atom. The summed E-state index contributed by atoms with van der Waals surface area (Å²) in [5.41, 5.74) is 2.29. The van der Waals surface area contributed by atoms with Crippen molar-refractivity contribution in [2.24, 2.45) is 52.3 Å². The molecule has 1 heteroatoms. The molecule has 188 valence electrons. The predicted octanol–water partition coefficient (Wildman–Crippen LogP) is 9.43. The van der Waals surface area contributed by atoms with E-state index < -0.39 is 0 Å². The largest absolute Gasteiger partial charge is 0.299 e. The maximum atomic E-state index is 12.3. The van der Waals surface area contributed by atoms with Crippen LogP contribution < -0.4 is 0 Å². The van der Waals surface area contributed by atoms with Gasteiger partial charge >= 0.3 is 0 Å². The lowest BCUT2D eigenvalue weighted by molar-refractivity contribution is -0.123. The van der Waals surface area contributed by atoms with Crippen molar-refractivity contribution < 1.29 is 4.79 Å². The number of hydrogen-bond donors (Lipinski definition) is 0. The average molecular weight is 455 g/mol. The SMILES string of the molecule is C=CCC1C=C2CC(=O)CC[C@]2(C)C2CC[C@]3(C)C(C(C)CCCC(C)C)CCC3C12.CC. The van der Waals surface area contributed by atoms with Crippen LogP contribution in [0.4, 0.5) is 0 Å². The minimum atomic E-state index is 0.276. The molecule has 4 aliphatic rings. The highest BCUT2D eigenvalue weighted by Crippen LogP contribution is 2.68. The molecule has 0 N–H and O–H groups in total. The Balaban J connectivity index is 0.00000149. The quantitative estimate of drug-likeness (QED) is 0.350. The number of carbonyl (C=O) groups is 1. The lowest BCUT2D eigenvalue weighted by Gasteiger charge is -2.60. The van der Waals surface area contributed by atoms with E-state index in [1.165, 1.54) is 50.5 Å². The summed E-state index contributed by atoms with van der Waals surface area (Å²) in [4.78, 5) is 12.3. The van der Waals surface area contributed by atoms with Gasteiger partial charge in [-0.1, -0.05) is 85.5 Å². The summed E-state index contributed by atoms with van der Waals surface area (Å²) in [6, 6.07) is 0. The molecule has 8 atom stereocenters. The third kappa shape index (κ3) is 4.95. The highest BCUT2D eigenvalue weighted by atomic mass is 16.1. The van der Waals surface area contributed by atoms with E-state index in [9.17, 15) is 4.79 Å². The number of rotatable bonds is 7. The summed E-state index contributed by atoms with van der Waals surface area (Å²) in [6.45, 7) is 20.6. The van der Waals surface area contributed by atoms with Gasteiger partial charge < -0.3 is 0 Å². The molecule has 0 heterocycles. The van der Waals surface area contributed by atoms with Gasteiger partial charge in [-0.05, 0) is 90.8 Å². The molecule has 33 heavy (non-hydrogen) atoms. The van der Waals surface area contributed by atoms with Gasteiger partial charge in [0.15, 0.2) is 0 Å². The van der Waals surface area contributed by atoms with Crippen LogP contribution in [0.15, 0.2) is 24.3 Å². The van der Waals surface area contributed by atoms with Crippen molar-refractivity contribution in [3.63, 3.8) is 0 Å². The highest BCUT2D eigenvalue weighted by Gasteiger charge is 2.60. The van der Waals surface area contributed by atoms with Crippen LogP contribution in [0, 0.1) is 52.3 Å². The second kappa shape index (κ2) is 10.8. The number of hydrogen-bond acceptors (Lipinski definition) is 1. The molecule has 0 amide bonds. The first-order valence-electron chi connectivity index (χ1n) is 14.5. The summed E-state index contributed by atoms with van der Waals surface area (Å²) >= 11 is 0. The second-order valence-corrected chi connectivity index (χ2v) is 12.8. The van der Waals surface area contributed by atoms with Gasteiger partial charge in [0.1, 0.15) is 5.78 Å². The lowest BCUT2D eigenvalue weighted by atomic mass is 9.45. The van der Waals surface area contributed by atoms with Crippen molar-refractivity contribution in [2.75, 3.05) is 0 Å². The predicted molar refractivity (Wildman–Crippen MR) is 143 cm³/mol. The van der Waals surface area contributed by atoms with Crippen LogP contribution >= 0.6 is 0 Å². The normalized spacial score (nSPS) is 40.7. The number of ketones is 1. The van der Waals surface area contributed by atoms with E-state index in [4.69, 9.17) is 0 Å². The molecular weight excluding hydrogens is 400 g/mol. The van der Waals surface area contributed by atoms with E-state index in [1.54, 1.807) is 0 Å². The Kier molecular flexibility index (Phi) is 8.77. The maximum absolute atomic E-state index is 12.3. The van der Waals surface area contributed by atoms with E-state index in [1.807, 2.05) is 13.8 Å². The summed E-state index contributed by atoms with van der Waals surface area (Å²) in [5.74, 6) is 6.11. The van der Waals surface area contributed by atoms with Gasteiger partial charge in [0.25, 0.3) is 0 Å². The van der Waals surface area contributed by atoms with Gasteiger partial charge in [0, 0.05) is 12.8 Å². The van der Waals surface area contributed by atoms with Crippen molar-refractivity contribution in [3.05, 3.63) is 24.3 Å². The van der Waals surface area contributed by atoms with Crippen LogP contribution in [0.3, 0.4) is 0 Å². The Morgan fingerprint density at radius 3 is 2.45 bits per heavy atom. The zero-order valence-electron chi connectivity index (χ0n) is 23.1. The number of fused-ring (bicyclic) bond motifs is 5. The molecule has 0 aromatic heterocycles. The molecule has 0 radical (unpaired) electrons. The molecule has 6 unspecified atom stereocenters. The van der Waals surface area contributed by atoms with Crippen LogP contribution in [-0.2, 0) is 4.79 Å². The van der Waals surface area contributed by atoms with Gasteiger partial charge in [-0.3, -0.25) is 4.79 Å². The summed E-state index contributed by atoms with van der Waals surface area (Å²) in [5, 5.41) is 0. The molecule has 0 aliphatic heterocycles. The minimum Gasteiger partial charge on any atom is -0.299 e. The topological polar surface area (TPSA) is 17.1 Å². The lowest BCUT2D eigenvalue weighted by Crippen LogP contribution is -2.53. The van der Waals surface area contributed by atoms with E-state index in [-0.39, 0.29) is 5.41 Å². The Bertz CT molecular complexity index is 716. The zero-order valence-corrected chi connectivity index (χ0v) is 23.1. The fourth-order valence-corrected chi connectivity index (χ4v) is 9.08. The third-order valence-electron chi connectivity index (χ3n) is 10.7. The summed E-state index contributed by atoms with van der Waals surface area (Å²) in [6.07, 6.45) is 18.3. The molecule has 3 saturated carbocycles. The van der Waals surface area contributed by atoms with Gasteiger partial charge in [-0.15, -0.1) is 6.58 Å². The minimum absolute atomic E-state index is 0.276. The Labute approximate surface area is 206 Å². The number of carbonyl (C=O) groups excluding carboxylic acids is 1. The summed E-state index contributed by atoms with van der Waals surface area (Å²) < 4.78 is 0. The first-order chi connectivity index (χ1) is 15.7. The average Bonchev–Trinajstić information content (AvgIpc) is 3.13. The van der Waals surface area contributed by atoms with E-state index in [0.29, 0.717) is 17.1 Å². The van der Waals surface area contributed by atoms with Crippen LogP contribution in [0.2, 0.25) is 0 Å². The first kappa shape index (κ1) is 26.7. The molecule has 3 fully saturated rings. The van der Waals surface area contributed by atoms with Crippen molar-refractivity contribution in [1.82, 2.24) is 0 Å². The Morgan fingerprint density at radius 1 is 1.06 bits per heavy atom. The first-order valence-corrected chi connectivity index (χ1v) is 14.5. The van der Waals surface area contributed by atoms with Crippen molar-refractivity contribution >= 4 is 5.78 Å². The summed E-state index contributed by atoms with van der Waals surface area (Å²) in [7, 11) is 0. The van der Waals surface area contributed by atoms with Gasteiger partial charge in [0.05, 0.1) is 0 Å². The molecule has 4 rings (SSSR count). The highest BCUT2D eigenvalue weighted by molar-refractivity contribution is 5.82. The van der Waals surface area contributed by atoms with Crippen LogP contribution in [0.25, 0.3) is 0 Å². The Hall–Kier alpha value is -0.850. The standard InChI is InChI=1S/C30H48O.C2H6/c1-7-9-22-18-23-19-24(31)14-16-29(23,5)27-15-17-30(6)25(12-13-26(30)28(22)27)21(4)11-8-10-20(2)3;1-2/h7,18,20-22,25-28H,1,8-17,19H2,2-6H3;1-2H3/t21?,22?,25?,26?,27?,28?,29-,30+;/m0./s1. The fraction of sp³-hybridized carbons (Fsp3) is 0.844. The molecule has 0 aromatic rings. The van der Waals surface area contributed by atoms with E-state index >= 15 is 0 Å². The molecule has 4 aliphatic carbocycles. The number of allylic oxidation sites excluding steroid dienone is 3. The molecular formula is C32H54O. The van der Waals surface area contributed by atoms with Gasteiger partial charge in [-0.2, -0.15) is 0 Å². The van der Waals surface area contributed by atoms with Gasteiger partial charge in [0.2, 0.25) is 0 Å². The van der Waals surface area contributed by atoms with E-state index in [2.05, 4.69) is 53.3 Å². The zero-order chi connectivity index (χ0) is 24.4. The van der Waals surface area contributed by atoms with Crippen molar-refractivity contribution in [3.8, 4) is 0 Å². The van der Waals surface area contributed by atoms with Crippen molar-refractivity contribution in [1.29, 1.82) is 0 Å².